The van der Waals surface area contributed by atoms with Gasteiger partial charge in [-0.05, 0) is 38.8 Å². The van der Waals surface area contributed by atoms with Gasteiger partial charge in [-0.2, -0.15) is 0 Å². The molecule has 0 bridgehead atoms. The number of amides is 1. The number of carbonyl (C=O) groups is 1. The zero-order chi connectivity index (χ0) is 23.4. The summed E-state index contributed by atoms with van der Waals surface area (Å²) in [7, 11) is -3.55. The van der Waals surface area contributed by atoms with Gasteiger partial charge in [-0.3, -0.25) is 4.98 Å². The van der Waals surface area contributed by atoms with Crippen LogP contribution in [0.5, 0.6) is 0 Å². The highest BCUT2D eigenvalue weighted by Crippen LogP contribution is 2.25. The molecule has 2 aromatic rings. The fourth-order valence-electron chi connectivity index (χ4n) is 4.22. The van der Waals surface area contributed by atoms with Crippen molar-refractivity contribution in [1.82, 2.24) is 14.6 Å². The molecule has 1 N–H and O–H groups in total. The number of likely N-dealkylation sites (tertiary alicyclic amines) is 1. The maximum atomic E-state index is 12.9. The second kappa shape index (κ2) is 10.2. The average molecular weight is 474 g/mol. The Kier molecular flexibility index (Phi) is 7.31. The molecule has 2 fully saturated rings. The van der Waals surface area contributed by atoms with Crippen LogP contribution in [0.3, 0.4) is 0 Å². The highest BCUT2D eigenvalue weighted by Gasteiger charge is 2.41. The number of hydrogen-bond donors (Lipinski definition) is 1. The topological polar surface area (TPSA) is 97.8 Å². The Morgan fingerprint density at radius 3 is 2.61 bits per heavy atom. The van der Waals surface area contributed by atoms with Crippen molar-refractivity contribution in [2.75, 3.05) is 19.8 Å². The molecular weight excluding hydrogens is 442 g/mol. The summed E-state index contributed by atoms with van der Waals surface area (Å²) < 4.78 is 39.1. The molecule has 2 aliphatic heterocycles. The number of sulfonamides is 1. The first-order valence-electron chi connectivity index (χ1n) is 11.4. The van der Waals surface area contributed by atoms with E-state index in [1.807, 2.05) is 48.5 Å². The molecule has 1 amide bonds. The Hall–Kier alpha value is -2.49. The molecule has 2 saturated heterocycles. The SMILES string of the molecule is CC(C)OC(=O)N1CCC[C@H](NS(=O)(=O)C2COC2)[C@@H]1Cc1cccc(-c2ccccc2)n1. The maximum Gasteiger partial charge on any atom is 0.410 e. The summed E-state index contributed by atoms with van der Waals surface area (Å²) in [6.07, 6.45) is 1.06. The Morgan fingerprint density at radius 2 is 1.94 bits per heavy atom. The second-order valence-corrected chi connectivity index (χ2v) is 10.8. The van der Waals surface area contributed by atoms with Gasteiger partial charge in [-0.1, -0.05) is 36.4 Å². The van der Waals surface area contributed by atoms with Crippen LogP contribution in [-0.4, -0.2) is 67.6 Å². The first-order chi connectivity index (χ1) is 15.8. The molecule has 0 radical (unpaired) electrons. The van der Waals surface area contributed by atoms with Crippen LogP contribution in [0, 0.1) is 0 Å². The lowest BCUT2D eigenvalue weighted by Crippen LogP contribution is -2.60. The highest BCUT2D eigenvalue weighted by atomic mass is 32.2. The quantitative estimate of drug-likeness (QED) is 0.664. The minimum absolute atomic E-state index is 0.201. The monoisotopic (exact) mass is 473 g/mol. The van der Waals surface area contributed by atoms with Crippen LogP contribution in [0.15, 0.2) is 48.5 Å². The van der Waals surface area contributed by atoms with Crippen molar-refractivity contribution in [3.8, 4) is 11.3 Å². The molecule has 1 aromatic heterocycles. The number of rotatable bonds is 7. The van der Waals surface area contributed by atoms with Gasteiger partial charge in [-0.25, -0.2) is 17.9 Å². The fraction of sp³-hybridized carbons (Fsp3) is 0.500. The number of nitrogens with zero attached hydrogens (tertiary/aromatic N) is 2. The Bertz CT molecular complexity index is 1060. The minimum atomic E-state index is -3.55. The molecule has 8 nitrogen and oxygen atoms in total. The van der Waals surface area contributed by atoms with E-state index in [4.69, 9.17) is 14.5 Å². The number of nitrogens with one attached hydrogen (secondary N) is 1. The average Bonchev–Trinajstić information content (AvgIpc) is 2.73. The summed E-state index contributed by atoms with van der Waals surface area (Å²) in [5.41, 5.74) is 2.63. The maximum absolute atomic E-state index is 12.9. The summed E-state index contributed by atoms with van der Waals surface area (Å²) >= 11 is 0. The van der Waals surface area contributed by atoms with Gasteiger partial charge in [-0.15, -0.1) is 0 Å². The van der Waals surface area contributed by atoms with Crippen molar-refractivity contribution in [1.29, 1.82) is 0 Å². The van der Waals surface area contributed by atoms with Gasteiger partial charge in [0.15, 0.2) is 0 Å². The van der Waals surface area contributed by atoms with Gasteiger partial charge >= 0.3 is 6.09 Å². The molecule has 0 aliphatic carbocycles. The first-order valence-corrected chi connectivity index (χ1v) is 13.0. The zero-order valence-electron chi connectivity index (χ0n) is 19.0. The third-order valence-corrected chi connectivity index (χ3v) is 7.79. The van der Waals surface area contributed by atoms with E-state index in [2.05, 4.69) is 4.72 Å². The van der Waals surface area contributed by atoms with E-state index < -0.39 is 33.5 Å². The lowest BCUT2D eigenvalue weighted by molar-refractivity contribution is 0.0379. The molecule has 2 aliphatic rings. The minimum Gasteiger partial charge on any atom is -0.447 e. The van der Waals surface area contributed by atoms with Crippen molar-refractivity contribution in [3.05, 3.63) is 54.2 Å². The molecule has 3 heterocycles. The first kappa shape index (κ1) is 23.7. The summed E-state index contributed by atoms with van der Waals surface area (Å²) in [6.45, 7) is 4.52. The van der Waals surface area contributed by atoms with Gasteiger partial charge in [0.1, 0.15) is 5.25 Å². The third kappa shape index (κ3) is 5.72. The number of aromatic nitrogens is 1. The predicted molar refractivity (Wildman–Crippen MR) is 125 cm³/mol. The van der Waals surface area contributed by atoms with E-state index in [0.717, 1.165) is 17.0 Å². The van der Waals surface area contributed by atoms with Crippen LogP contribution >= 0.6 is 0 Å². The molecule has 33 heavy (non-hydrogen) atoms. The van der Waals surface area contributed by atoms with E-state index in [0.29, 0.717) is 25.8 Å². The number of hydrogen-bond acceptors (Lipinski definition) is 6. The van der Waals surface area contributed by atoms with E-state index in [9.17, 15) is 13.2 Å². The van der Waals surface area contributed by atoms with Gasteiger partial charge in [0.05, 0.1) is 31.1 Å². The van der Waals surface area contributed by atoms with Crippen molar-refractivity contribution in [3.63, 3.8) is 0 Å². The molecule has 1 aromatic carbocycles. The second-order valence-electron chi connectivity index (χ2n) is 8.85. The summed E-state index contributed by atoms with van der Waals surface area (Å²) in [6, 6.07) is 14.8. The molecular formula is C24H31N3O5S. The van der Waals surface area contributed by atoms with Crippen molar-refractivity contribution >= 4 is 16.1 Å². The van der Waals surface area contributed by atoms with E-state index >= 15 is 0 Å². The molecule has 0 saturated carbocycles. The lowest BCUT2D eigenvalue weighted by atomic mass is 9.93. The standard InChI is InChI=1S/C24H31N3O5S/c1-17(2)32-24(28)27-13-7-12-22(26-33(29,30)20-15-31-16-20)23(27)14-19-10-6-11-21(25-19)18-8-4-3-5-9-18/h3-6,8-11,17,20,22-23,26H,7,12-16H2,1-2H3/t22-,23-/m0/s1. The Labute approximate surface area is 195 Å². The smallest absolute Gasteiger partial charge is 0.410 e. The van der Waals surface area contributed by atoms with Crippen LogP contribution in [0.1, 0.15) is 32.4 Å². The molecule has 9 heteroatoms. The molecule has 2 atom stereocenters. The van der Waals surface area contributed by atoms with E-state index in [1.54, 1.807) is 18.7 Å². The van der Waals surface area contributed by atoms with Crippen LogP contribution in [0.25, 0.3) is 11.3 Å². The van der Waals surface area contributed by atoms with Crippen molar-refractivity contribution in [2.45, 2.75) is 56.5 Å². The van der Waals surface area contributed by atoms with Crippen molar-refractivity contribution < 1.29 is 22.7 Å². The Balaban J connectivity index is 1.60. The Morgan fingerprint density at radius 1 is 1.18 bits per heavy atom. The van der Waals surface area contributed by atoms with Gasteiger partial charge in [0, 0.05) is 30.3 Å². The van der Waals surface area contributed by atoms with Gasteiger partial charge in [0.2, 0.25) is 10.0 Å². The molecule has 178 valence electrons. The molecule has 4 rings (SSSR count). The third-order valence-electron chi connectivity index (χ3n) is 6.01. The summed E-state index contributed by atoms with van der Waals surface area (Å²) in [5, 5.41) is -0.546. The molecule has 0 spiro atoms. The molecule has 0 unspecified atom stereocenters. The van der Waals surface area contributed by atoms with E-state index in [-0.39, 0.29) is 19.3 Å². The van der Waals surface area contributed by atoms with Crippen LogP contribution < -0.4 is 4.72 Å². The number of carbonyl (C=O) groups excluding carboxylic acids is 1. The summed E-state index contributed by atoms with van der Waals surface area (Å²) in [4.78, 5) is 19.4. The van der Waals surface area contributed by atoms with Crippen LogP contribution in [0.2, 0.25) is 0 Å². The fourth-order valence-corrected chi connectivity index (χ4v) is 5.66. The number of piperidine rings is 1. The highest BCUT2D eigenvalue weighted by molar-refractivity contribution is 7.90. The van der Waals surface area contributed by atoms with Gasteiger partial charge in [0.25, 0.3) is 0 Å². The van der Waals surface area contributed by atoms with E-state index in [1.165, 1.54) is 0 Å². The zero-order valence-corrected chi connectivity index (χ0v) is 19.8. The van der Waals surface area contributed by atoms with Crippen molar-refractivity contribution in [2.24, 2.45) is 0 Å². The lowest BCUT2D eigenvalue weighted by Gasteiger charge is -2.41. The van der Waals surface area contributed by atoms with Crippen LogP contribution in [0.4, 0.5) is 4.79 Å². The van der Waals surface area contributed by atoms with Gasteiger partial charge < -0.3 is 14.4 Å². The van der Waals surface area contributed by atoms with Crippen LogP contribution in [-0.2, 0) is 25.9 Å². The number of benzene rings is 1. The normalized spacial score (nSPS) is 21.6. The number of ether oxygens (including phenoxy) is 2. The largest absolute Gasteiger partial charge is 0.447 e. The predicted octanol–water partition coefficient (Wildman–Crippen LogP) is 2.99. The summed E-state index contributed by atoms with van der Waals surface area (Å²) in [5.74, 6) is 0. The number of pyridine rings is 1.